The Kier molecular flexibility index (Phi) is 10.7. The quantitative estimate of drug-likeness (QED) is 0.303. The van der Waals surface area contributed by atoms with Crippen LogP contribution in [0, 0.1) is 11.8 Å². The molecule has 0 heterocycles. The van der Waals surface area contributed by atoms with E-state index in [4.69, 9.17) is 0 Å². The van der Waals surface area contributed by atoms with E-state index in [0.29, 0.717) is 31.6 Å². The lowest BCUT2D eigenvalue weighted by Crippen LogP contribution is -2.50. The molecule has 8 heteroatoms. The number of hydrogen-bond donors (Lipinski definition) is 4. The molecule has 3 atom stereocenters. The van der Waals surface area contributed by atoms with Crippen molar-refractivity contribution in [1.82, 2.24) is 10.6 Å². The molecule has 0 unspecified atom stereocenters. The number of rotatable bonds is 14. The first kappa shape index (κ1) is 27.6. The fourth-order valence-corrected chi connectivity index (χ4v) is 4.70. The summed E-state index contributed by atoms with van der Waals surface area (Å²) in [6.07, 6.45) is 4.98. The van der Waals surface area contributed by atoms with Crippen LogP contribution in [0.2, 0.25) is 0 Å². The Morgan fingerprint density at radius 2 is 1.56 bits per heavy atom. The average Bonchev–Trinajstić information content (AvgIpc) is 2.83. The molecule has 36 heavy (non-hydrogen) atoms. The molecule has 1 fully saturated rings. The molecular weight excluding hydrogens is 455 g/mol. The van der Waals surface area contributed by atoms with Gasteiger partial charge in [-0.05, 0) is 42.7 Å². The molecule has 0 saturated heterocycles. The molecule has 2 amide bonds. The molecule has 4 N–H and O–H groups in total. The molecule has 2 aromatic carbocycles. The molecule has 0 spiro atoms. The predicted octanol–water partition coefficient (Wildman–Crippen LogP) is 2.63. The number of ketones is 1. The first-order valence-electron chi connectivity index (χ1n) is 12.9. The van der Waals surface area contributed by atoms with Crippen LogP contribution in [0.1, 0.15) is 56.6 Å². The smallest absolute Gasteiger partial charge is 0.426 e. The lowest BCUT2D eigenvalue weighted by atomic mass is 9.69. The molecule has 192 valence electrons. The first-order chi connectivity index (χ1) is 17.3. The van der Waals surface area contributed by atoms with E-state index in [-0.39, 0.29) is 24.0 Å². The first-order valence-corrected chi connectivity index (χ1v) is 12.9. The zero-order valence-corrected chi connectivity index (χ0v) is 20.9. The largest absolute Gasteiger partial charge is 0.475 e. The predicted molar refractivity (Wildman–Crippen MR) is 140 cm³/mol. The molecule has 0 aromatic heterocycles. The van der Waals surface area contributed by atoms with E-state index in [9.17, 15) is 24.4 Å². The molecule has 2 aromatic rings. The lowest BCUT2D eigenvalue weighted by molar-refractivity contribution is -0.131. The zero-order valence-electron chi connectivity index (χ0n) is 20.9. The summed E-state index contributed by atoms with van der Waals surface area (Å²) in [5.74, 6) is -2.00. The number of amides is 2. The second-order valence-corrected chi connectivity index (χ2v) is 9.90. The third kappa shape index (κ3) is 8.92. The summed E-state index contributed by atoms with van der Waals surface area (Å²) in [6, 6.07) is 18.5. The van der Waals surface area contributed by atoms with E-state index < -0.39 is 25.0 Å². The van der Waals surface area contributed by atoms with E-state index in [1.165, 1.54) is 6.92 Å². The summed E-state index contributed by atoms with van der Waals surface area (Å²) in [4.78, 5) is 38.5. The third-order valence-electron chi connectivity index (χ3n) is 6.97. The number of benzene rings is 2. The van der Waals surface area contributed by atoms with E-state index in [0.717, 1.165) is 30.4 Å². The molecule has 0 radical (unpaired) electrons. The van der Waals surface area contributed by atoms with Crippen molar-refractivity contribution in [2.75, 3.05) is 0 Å². The van der Waals surface area contributed by atoms with Gasteiger partial charge in [-0.25, -0.2) is 0 Å². The van der Waals surface area contributed by atoms with Crippen molar-refractivity contribution in [3.05, 3.63) is 71.8 Å². The van der Waals surface area contributed by atoms with E-state index in [1.807, 2.05) is 60.7 Å². The number of carbonyl (C=O) groups excluding carboxylic acids is 3. The minimum atomic E-state index is -1.67. The van der Waals surface area contributed by atoms with Crippen molar-refractivity contribution in [2.24, 2.45) is 11.8 Å². The van der Waals surface area contributed by atoms with Crippen molar-refractivity contribution < 1.29 is 24.4 Å². The van der Waals surface area contributed by atoms with Crippen molar-refractivity contribution in [1.29, 1.82) is 0 Å². The Morgan fingerprint density at radius 1 is 0.944 bits per heavy atom. The standard InChI is InChI=1S/C28H37BN2O5/c1-20(32)30-25(16-15-21-9-4-2-5-10-21)26(33)19-24(17-22-11-6-3-7-12-22)28(34)31-27(29(35)36)18-23-13-8-14-23/h2-7,9-12,23-25,27,35-36H,8,13-19H2,1H3,(H,30,32)(H,31,34)/t24-,25+,27+/m1/s1. The maximum atomic E-state index is 13.4. The molecule has 1 aliphatic carbocycles. The highest BCUT2D eigenvalue weighted by atomic mass is 16.4. The number of Topliss-reactive ketones (excluding diaryl/α,β-unsaturated/α-hetero) is 1. The van der Waals surface area contributed by atoms with E-state index >= 15 is 0 Å². The summed E-state index contributed by atoms with van der Waals surface area (Å²) in [5, 5.41) is 25.3. The Labute approximate surface area is 213 Å². The van der Waals surface area contributed by atoms with Crippen LogP contribution in [0.25, 0.3) is 0 Å². The average molecular weight is 492 g/mol. The number of nitrogens with one attached hydrogen (secondary N) is 2. The van der Waals surface area contributed by atoms with Gasteiger partial charge in [0.15, 0.2) is 5.78 Å². The van der Waals surface area contributed by atoms with E-state index in [1.54, 1.807) is 0 Å². The summed E-state index contributed by atoms with van der Waals surface area (Å²) in [7, 11) is -1.67. The Morgan fingerprint density at radius 3 is 2.08 bits per heavy atom. The van der Waals surface area contributed by atoms with Crippen LogP contribution >= 0.6 is 0 Å². The van der Waals surface area contributed by atoms with Gasteiger partial charge in [-0.15, -0.1) is 0 Å². The fraction of sp³-hybridized carbons (Fsp3) is 0.464. The van der Waals surface area contributed by atoms with Gasteiger partial charge in [-0.3, -0.25) is 14.4 Å². The monoisotopic (exact) mass is 492 g/mol. The Balaban J connectivity index is 1.72. The van der Waals surface area contributed by atoms with Crippen LogP contribution < -0.4 is 10.6 Å². The van der Waals surface area contributed by atoms with Gasteiger partial charge < -0.3 is 20.7 Å². The molecule has 0 bridgehead atoms. The number of carbonyl (C=O) groups is 3. The van der Waals surface area contributed by atoms with E-state index in [2.05, 4.69) is 10.6 Å². The molecule has 1 saturated carbocycles. The van der Waals surface area contributed by atoms with Gasteiger partial charge in [0.05, 0.1) is 12.0 Å². The molecular formula is C28H37BN2O5. The van der Waals surface area contributed by atoms with Crippen molar-refractivity contribution >= 4 is 24.7 Å². The van der Waals surface area contributed by atoms with Gasteiger partial charge in [-0.2, -0.15) is 0 Å². The van der Waals surface area contributed by atoms with Gasteiger partial charge in [0, 0.05) is 19.3 Å². The van der Waals surface area contributed by atoms with Gasteiger partial charge in [0.25, 0.3) is 0 Å². The summed E-state index contributed by atoms with van der Waals surface area (Å²) in [6.45, 7) is 1.38. The topological polar surface area (TPSA) is 116 Å². The van der Waals surface area contributed by atoms with Crippen molar-refractivity contribution in [3.63, 3.8) is 0 Å². The van der Waals surface area contributed by atoms with Crippen LogP contribution in [-0.4, -0.2) is 46.7 Å². The molecule has 3 rings (SSSR count). The minimum Gasteiger partial charge on any atom is -0.426 e. The van der Waals surface area contributed by atoms with Crippen LogP contribution in [0.15, 0.2) is 60.7 Å². The molecule has 1 aliphatic rings. The number of aryl methyl sites for hydroxylation is 1. The summed E-state index contributed by atoms with van der Waals surface area (Å²) < 4.78 is 0. The second-order valence-electron chi connectivity index (χ2n) is 9.90. The molecule has 7 nitrogen and oxygen atoms in total. The highest BCUT2D eigenvalue weighted by Crippen LogP contribution is 2.30. The number of hydrogen-bond acceptors (Lipinski definition) is 5. The van der Waals surface area contributed by atoms with Crippen LogP contribution in [-0.2, 0) is 27.2 Å². The van der Waals surface area contributed by atoms with Crippen LogP contribution in [0.3, 0.4) is 0 Å². The van der Waals surface area contributed by atoms with Crippen molar-refractivity contribution in [3.8, 4) is 0 Å². The Bertz CT molecular complexity index is 982. The summed E-state index contributed by atoms with van der Waals surface area (Å²) in [5.41, 5.74) is 1.97. The maximum absolute atomic E-state index is 13.4. The maximum Gasteiger partial charge on any atom is 0.475 e. The normalized spacial score (nSPS) is 15.8. The fourth-order valence-electron chi connectivity index (χ4n) is 4.70. The summed E-state index contributed by atoms with van der Waals surface area (Å²) >= 11 is 0. The van der Waals surface area contributed by atoms with Crippen LogP contribution in [0.4, 0.5) is 0 Å². The van der Waals surface area contributed by atoms with Gasteiger partial charge >= 0.3 is 7.12 Å². The van der Waals surface area contributed by atoms with Gasteiger partial charge in [-0.1, -0.05) is 79.9 Å². The van der Waals surface area contributed by atoms with Crippen molar-refractivity contribution in [2.45, 2.75) is 70.3 Å². The highest BCUT2D eigenvalue weighted by molar-refractivity contribution is 6.43. The van der Waals surface area contributed by atoms with Gasteiger partial charge in [0.1, 0.15) is 0 Å². The lowest BCUT2D eigenvalue weighted by Gasteiger charge is -2.30. The minimum absolute atomic E-state index is 0.0574. The third-order valence-corrected chi connectivity index (χ3v) is 6.97. The Hall–Kier alpha value is -2.97. The van der Waals surface area contributed by atoms with Gasteiger partial charge in [0.2, 0.25) is 11.8 Å². The SMILES string of the molecule is CC(=O)N[C@@H](CCc1ccccc1)C(=O)C[C@@H](Cc1ccccc1)C(=O)N[C@@H](CC1CCC1)B(O)O. The zero-order chi connectivity index (χ0) is 25.9. The molecule has 0 aliphatic heterocycles. The highest BCUT2D eigenvalue weighted by Gasteiger charge is 2.34. The van der Waals surface area contributed by atoms with Crippen LogP contribution in [0.5, 0.6) is 0 Å². The second kappa shape index (κ2) is 13.9.